The molecule has 7 nitrogen and oxygen atoms in total. The number of hydrogen-bond donors (Lipinski definition) is 1. The van der Waals surface area contributed by atoms with Gasteiger partial charge in [-0.05, 0) is 49.2 Å². The Balaban J connectivity index is 1.37. The summed E-state index contributed by atoms with van der Waals surface area (Å²) in [6.45, 7) is 4.61. The number of ether oxygens (including phenoxy) is 1. The van der Waals surface area contributed by atoms with Gasteiger partial charge in [0.15, 0.2) is 5.65 Å². The molecule has 0 bridgehead atoms. The molecule has 29 heavy (non-hydrogen) atoms. The first kappa shape index (κ1) is 18.1. The number of pyridine rings is 1. The number of amides is 1. The minimum absolute atomic E-state index is 0.0821. The molecule has 3 aromatic rings. The van der Waals surface area contributed by atoms with Crippen molar-refractivity contribution in [3.63, 3.8) is 0 Å². The van der Waals surface area contributed by atoms with Gasteiger partial charge in [-0.1, -0.05) is 0 Å². The second-order valence-electron chi connectivity index (χ2n) is 7.96. The number of likely N-dealkylation sites (tertiary alicyclic amines) is 1. The number of benzene rings is 1. The quantitative estimate of drug-likeness (QED) is 0.738. The van der Waals surface area contributed by atoms with Gasteiger partial charge in [0.05, 0.1) is 12.2 Å². The number of hydrogen-bond acceptors (Lipinski definition) is 5. The molecule has 0 radical (unpaired) electrons. The van der Waals surface area contributed by atoms with Gasteiger partial charge in [0, 0.05) is 49.1 Å². The van der Waals surface area contributed by atoms with Crippen molar-refractivity contribution in [3.05, 3.63) is 53.3 Å². The van der Waals surface area contributed by atoms with Crippen LogP contribution in [0.15, 0.2) is 36.5 Å². The summed E-state index contributed by atoms with van der Waals surface area (Å²) in [6.07, 6.45) is 3.72. The summed E-state index contributed by atoms with van der Waals surface area (Å²) in [5.74, 6) is 1.19. The molecule has 2 aromatic heterocycles. The summed E-state index contributed by atoms with van der Waals surface area (Å²) >= 11 is 0. The molecule has 7 heteroatoms. The van der Waals surface area contributed by atoms with Crippen LogP contribution in [0.5, 0.6) is 5.75 Å². The number of rotatable bonds is 4. The van der Waals surface area contributed by atoms with Gasteiger partial charge in [0.2, 0.25) is 0 Å². The molecule has 1 fully saturated rings. The number of carbonyl (C=O) groups excluding carboxylic acids is 1. The lowest BCUT2D eigenvalue weighted by Crippen LogP contribution is -2.28. The van der Waals surface area contributed by atoms with Crippen LogP contribution in [0.2, 0.25) is 0 Å². The summed E-state index contributed by atoms with van der Waals surface area (Å²) in [4.78, 5) is 19.5. The Morgan fingerprint density at radius 1 is 1.34 bits per heavy atom. The normalized spacial score (nSPS) is 20.8. The van der Waals surface area contributed by atoms with Gasteiger partial charge in [-0.2, -0.15) is 5.10 Å². The topological polar surface area (TPSA) is 86.3 Å². The minimum atomic E-state index is 0.0821. The highest BCUT2D eigenvalue weighted by molar-refractivity contribution is 5.95. The Bertz CT molecular complexity index is 1080. The van der Waals surface area contributed by atoms with E-state index in [2.05, 4.69) is 18.0 Å². The molecule has 4 heterocycles. The summed E-state index contributed by atoms with van der Waals surface area (Å²) in [6, 6.07) is 9.79. The summed E-state index contributed by atoms with van der Waals surface area (Å²) < 4.78 is 7.64. The van der Waals surface area contributed by atoms with E-state index in [-0.39, 0.29) is 17.9 Å². The number of aromatic nitrogens is 3. The van der Waals surface area contributed by atoms with Crippen LogP contribution in [-0.4, -0.2) is 51.3 Å². The predicted octanol–water partition coefficient (Wildman–Crippen LogP) is 2.34. The highest BCUT2D eigenvalue weighted by atomic mass is 16.5. The minimum Gasteiger partial charge on any atom is -0.490 e. The molecule has 0 aliphatic carbocycles. The average Bonchev–Trinajstić information content (AvgIpc) is 3.43. The van der Waals surface area contributed by atoms with E-state index in [0.717, 1.165) is 53.0 Å². The fraction of sp³-hybridized carbons (Fsp3) is 0.409. The van der Waals surface area contributed by atoms with Crippen molar-refractivity contribution in [3.8, 4) is 5.75 Å². The summed E-state index contributed by atoms with van der Waals surface area (Å²) in [5.41, 5.74) is 9.48. The molecule has 0 spiro atoms. The molecule has 2 N–H and O–H groups in total. The van der Waals surface area contributed by atoms with Gasteiger partial charge in [-0.15, -0.1) is 0 Å². The average molecular weight is 391 g/mol. The number of fused-ring (bicyclic) bond motifs is 2. The third kappa shape index (κ3) is 3.15. The Kier molecular flexibility index (Phi) is 4.47. The second-order valence-corrected chi connectivity index (χ2v) is 7.96. The second kappa shape index (κ2) is 7.15. The Morgan fingerprint density at radius 2 is 2.24 bits per heavy atom. The summed E-state index contributed by atoms with van der Waals surface area (Å²) in [5, 5.41) is 5.86. The first-order valence-corrected chi connectivity index (χ1v) is 10.2. The zero-order chi connectivity index (χ0) is 20.0. The van der Waals surface area contributed by atoms with Crippen molar-refractivity contribution in [2.24, 2.45) is 5.73 Å². The Labute approximate surface area is 169 Å². The highest BCUT2D eigenvalue weighted by Gasteiger charge is 2.32. The lowest BCUT2D eigenvalue weighted by atomic mass is 10.0. The van der Waals surface area contributed by atoms with E-state index in [1.165, 1.54) is 0 Å². The van der Waals surface area contributed by atoms with E-state index < -0.39 is 0 Å². The largest absolute Gasteiger partial charge is 0.490 e. The van der Waals surface area contributed by atoms with Crippen molar-refractivity contribution in [1.82, 2.24) is 19.7 Å². The first-order chi connectivity index (χ1) is 14.1. The van der Waals surface area contributed by atoms with Crippen molar-refractivity contribution in [2.45, 2.75) is 38.3 Å². The molecule has 2 aliphatic rings. The fourth-order valence-electron chi connectivity index (χ4n) is 4.52. The van der Waals surface area contributed by atoms with Gasteiger partial charge in [0.1, 0.15) is 11.9 Å². The molecular formula is C22H25N5O2. The van der Waals surface area contributed by atoms with Gasteiger partial charge < -0.3 is 15.4 Å². The van der Waals surface area contributed by atoms with Crippen molar-refractivity contribution in [1.29, 1.82) is 0 Å². The number of nitrogens with zero attached hydrogens (tertiary/aromatic N) is 4. The van der Waals surface area contributed by atoms with Crippen molar-refractivity contribution >= 4 is 16.9 Å². The van der Waals surface area contributed by atoms with Crippen molar-refractivity contribution < 1.29 is 9.53 Å². The fourth-order valence-corrected chi connectivity index (χ4v) is 4.52. The van der Waals surface area contributed by atoms with Crippen LogP contribution in [-0.2, 0) is 13.0 Å². The summed E-state index contributed by atoms with van der Waals surface area (Å²) in [7, 11) is 0. The third-order valence-corrected chi connectivity index (χ3v) is 5.88. The molecule has 0 saturated carbocycles. The van der Waals surface area contributed by atoms with Crippen LogP contribution in [0.25, 0.3) is 11.0 Å². The molecule has 2 atom stereocenters. The zero-order valence-corrected chi connectivity index (χ0v) is 16.5. The first-order valence-electron chi connectivity index (χ1n) is 10.2. The van der Waals surface area contributed by atoms with Crippen LogP contribution in [0.4, 0.5) is 0 Å². The predicted molar refractivity (Wildman–Crippen MR) is 110 cm³/mol. The van der Waals surface area contributed by atoms with Crippen LogP contribution in [0.3, 0.4) is 0 Å². The van der Waals surface area contributed by atoms with E-state index in [1.807, 2.05) is 33.8 Å². The monoisotopic (exact) mass is 391 g/mol. The van der Waals surface area contributed by atoms with E-state index >= 15 is 0 Å². The van der Waals surface area contributed by atoms with E-state index in [1.54, 1.807) is 6.20 Å². The van der Waals surface area contributed by atoms with E-state index in [0.29, 0.717) is 19.6 Å². The standard InChI is InChI=1S/C22H25N5O2/c1-14-11-17-12-15(4-5-19(17)29-14)22(28)26-9-6-16(13-26)20-18-3-2-8-24-21(18)27(25-20)10-7-23/h2-5,8,12,14,16H,6-7,9-11,13,23H2,1H3. The van der Waals surface area contributed by atoms with Crippen LogP contribution < -0.4 is 10.5 Å². The smallest absolute Gasteiger partial charge is 0.253 e. The third-order valence-electron chi connectivity index (χ3n) is 5.88. The molecule has 2 aliphatic heterocycles. The molecule has 1 saturated heterocycles. The van der Waals surface area contributed by atoms with Crippen LogP contribution in [0.1, 0.15) is 40.9 Å². The maximum Gasteiger partial charge on any atom is 0.253 e. The molecule has 2 unspecified atom stereocenters. The SMILES string of the molecule is CC1Cc2cc(C(=O)N3CCC(c4nn(CCN)c5ncccc45)C3)ccc2O1. The number of carbonyl (C=O) groups is 1. The van der Waals surface area contributed by atoms with Gasteiger partial charge in [-0.25, -0.2) is 9.67 Å². The van der Waals surface area contributed by atoms with Gasteiger partial charge >= 0.3 is 0 Å². The zero-order valence-electron chi connectivity index (χ0n) is 16.5. The maximum atomic E-state index is 13.1. The number of nitrogens with two attached hydrogens (primary N) is 1. The van der Waals surface area contributed by atoms with E-state index in [9.17, 15) is 4.79 Å². The molecule has 150 valence electrons. The Hall–Kier alpha value is -2.93. The molecular weight excluding hydrogens is 366 g/mol. The molecule has 1 aromatic carbocycles. The van der Waals surface area contributed by atoms with Gasteiger partial charge in [-0.3, -0.25) is 4.79 Å². The Morgan fingerprint density at radius 3 is 3.10 bits per heavy atom. The van der Waals surface area contributed by atoms with E-state index in [4.69, 9.17) is 15.6 Å². The lowest BCUT2D eigenvalue weighted by Gasteiger charge is -2.16. The molecule has 1 amide bonds. The van der Waals surface area contributed by atoms with Gasteiger partial charge in [0.25, 0.3) is 5.91 Å². The van der Waals surface area contributed by atoms with Crippen LogP contribution in [0, 0.1) is 0 Å². The van der Waals surface area contributed by atoms with Crippen LogP contribution >= 0.6 is 0 Å². The maximum absolute atomic E-state index is 13.1. The lowest BCUT2D eigenvalue weighted by molar-refractivity contribution is 0.0790. The van der Waals surface area contributed by atoms with Crippen molar-refractivity contribution in [2.75, 3.05) is 19.6 Å². The molecule has 5 rings (SSSR count). The highest BCUT2D eigenvalue weighted by Crippen LogP contribution is 2.33.